The Labute approximate surface area is 148 Å². The number of carbonyl (C=O) groups excluding carboxylic acids is 2. The maximum Gasteiger partial charge on any atom is 0.251 e. The van der Waals surface area contributed by atoms with Gasteiger partial charge in [-0.2, -0.15) is 0 Å². The maximum atomic E-state index is 12.2. The van der Waals surface area contributed by atoms with Gasteiger partial charge in [0.2, 0.25) is 5.91 Å². The molecule has 1 saturated heterocycles. The number of nitrogens with zero attached hydrogens (tertiary/aromatic N) is 1. The number of hydrogen-bond donors (Lipinski definition) is 2. The van der Waals surface area contributed by atoms with Crippen LogP contribution in [-0.2, 0) is 11.3 Å². The van der Waals surface area contributed by atoms with Gasteiger partial charge >= 0.3 is 0 Å². The minimum atomic E-state index is -0.249. The first kappa shape index (κ1) is 17.2. The van der Waals surface area contributed by atoms with Gasteiger partial charge in [0.1, 0.15) is 0 Å². The monoisotopic (exact) mass is 337 g/mol. The summed E-state index contributed by atoms with van der Waals surface area (Å²) in [5.41, 5.74) is 2.46. The number of nitrogens with one attached hydrogen (secondary N) is 2. The van der Waals surface area contributed by atoms with Gasteiger partial charge in [0.05, 0.1) is 6.54 Å². The summed E-state index contributed by atoms with van der Waals surface area (Å²) in [6, 6.07) is 16.7. The molecule has 0 aliphatic carbocycles. The number of benzene rings is 2. The molecule has 0 radical (unpaired) electrons. The topological polar surface area (TPSA) is 61.4 Å². The first-order chi connectivity index (χ1) is 12.2. The Hall–Kier alpha value is -2.66. The highest BCUT2D eigenvalue weighted by molar-refractivity contribution is 5.99. The van der Waals surface area contributed by atoms with Crippen LogP contribution in [0, 0.1) is 0 Å². The zero-order chi connectivity index (χ0) is 17.5. The number of likely N-dealkylation sites (tertiary alicyclic amines) is 1. The molecule has 2 aromatic carbocycles. The molecule has 2 aromatic rings. The van der Waals surface area contributed by atoms with Crippen LogP contribution < -0.4 is 10.6 Å². The lowest BCUT2D eigenvalue weighted by Crippen LogP contribution is -2.33. The Morgan fingerprint density at radius 3 is 2.36 bits per heavy atom. The largest absolute Gasteiger partial charge is 0.343 e. The number of rotatable bonds is 6. The predicted octanol–water partition coefficient (Wildman–Crippen LogP) is 2.65. The minimum absolute atomic E-state index is 0.0498. The molecule has 130 valence electrons. The molecule has 0 spiro atoms. The highest BCUT2D eigenvalue weighted by Crippen LogP contribution is 2.19. The lowest BCUT2D eigenvalue weighted by Gasteiger charge is -2.18. The normalized spacial score (nSPS) is 14.2. The SMILES string of the molecule is O=C(CNC(=O)c1ccccc1)Nc1ccccc1CN1CCCC1. The summed E-state index contributed by atoms with van der Waals surface area (Å²) in [5.74, 6) is -0.473. The summed E-state index contributed by atoms with van der Waals surface area (Å²) in [7, 11) is 0. The van der Waals surface area contributed by atoms with E-state index < -0.39 is 0 Å². The van der Waals surface area contributed by atoms with E-state index in [-0.39, 0.29) is 18.4 Å². The first-order valence-electron chi connectivity index (χ1n) is 8.66. The summed E-state index contributed by atoms with van der Waals surface area (Å²) in [5, 5.41) is 5.56. The highest BCUT2D eigenvalue weighted by Gasteiger charge is 2.15. The molecule has 0 aromatic heterocycles. The Balaban J connectivity index is 1.55. The van der Waals surface area contributed by atoms with Crippen molar-refractivity contribution < 1.29 is 9.59 Å². The molecule has 3 rings (SSSR count). The van der Waals surface area contributed by atoms with Gasteiger partial charge in [0.15, 0.2) is 0 Å². The highest BCUT2D eigenvalue weighted by atomic mass is 16.2. The van der Waals surface area contributed by atoms with Crippen molar-refractivity contribution in [2.24, 2.45) is 0 Å². The van der Waals surface area contributed by atoms with Crippen molar-refractivity contribution in [3.05, 3.63) is 65.7 Å². The van der Waals surface area contributed by atoms with Gasteiger partial charge in [-0.25, -0.2) is 0 Å². The molecule has 25 heavy (non-hydrogen) atoms. The molecule has 1 heterocycles. The van der Waals surface area contributed by atoms with Crippen molar-refractivity contribution >= 4 is 17.5 Å². The van der Waals surface area contributed by atoms with Crippen molar-refractivity contribution in [3.63, 3.8) is 0 Å². The van der Waals surface area contributed by atoms with E-state index in [1.165, 1.54) is 12.8 Å². The second-order valence-electron chi connectivity index (χ2n) is 6.24. The van der Waals surface area contributed by atoms with E-state index in [1.54, 1.807) is 24.3 Å². The van der Waals surface area contributed by atoms with Crippen LogP contribution in [-0.4, -0.2) is 36.3 Å². The van der Waals surface area contributed by atoms with Gasteiger partial charge < -0.3 is 10.6 Å². The Kier molecular flexibility index (Phi) is 5.80. The lowest BCUT2D eigenvalue weighted by molar-refractivity contribution is -0.115. The molecule has 2 N–H and O–H groups in total. The van der Waals surface area contributed by atoms with E-state index in [2.05, 4.69) is 15.5 Å². The number of carbonyl (C=O) groups is 2. The molecule has 5 nitrogen and oxygen atoms in total. The second kappa shape index (κ2) is 8.44. The molecule has 0 bridgehead atoms. The molecule has 1 aliphatic rings. The maximum absolute atomic E-state index is 12.2. The number of anilines is 1. The molecule has 2 amide bonds. The van der Waals surface area contributed by atoms with Crippen molar-refractivity contribution in [1.29, 1.82) is 0 Å². The van der Waals surface area contributed by atoms with E-state index in [1.807, 2.05) is 30.3 Å². The summed E-state index contributed by atoms with van der Waals surface area (Å²) >= 11 is 0. The van der Waals surface area contributed by atoms with Crippen LogP contribution in [0.1, 0.15) is 28.8 Å². The van der Waals surface area contributed by atoms with Crippen LogP contribution in [0.3, 0.4) is 0 Å². The zero-order valence-corrected chi connectivity index (χ0v) is 14.2. The standard InChI is InChI=1S/C20H23N3O2/c24-19(14-21-20(25)16-8-2-1-3-9-16)22-18-11-5-4-10-17(18)15-23-12-6-7-13-23/h1-5,8-11H,6-7,12-15H2,(H,21,25)(H,22,24). The van der Waals surface area contributed by atoms with Gasteiger partial charge in [0, 0.05) is 17.8 Å². The van der Waals surface area contributed by atoms with Crippen molar-refractivity contribution in [1.82, 2.24) is 10.2 Å². The van der Waals surface area contributed by atoms with E-state index in [0.29, 0.717) is 5.56 Å². The average molecular weight is 337 g/mol. The smallest absolute Gasteiger partial charge is 0.251 e. The minimum Gasteiger partial charge on any atom is -0.343 e. The van der Waals surface area contributed by atoms with Crippen molar-refractivity contribution in [2.45, 2.75) is 19.4 Å². The zero-order valence-electron chi connectivity index (χ0n) is 14.2. The lowest BCUT2D eigenvalue weighted by atomic mass is 10.1. The van der Waals surface area contributed by atoms with Gasteiger partial charge in [-0.3, -0.25) is 14.5 Å². The molecular formula is C20H23N3O2. The molecule has 0 unspecified atom stereocenters. The van der Waals surface area contributed by atoms with Gasteiger partial charge in [0.25, 0.3) is 5.91 Å². The number of para-hydroxylation sites is 1. The fraction of sp³-hybridized carbons (Fsp3) is 0.300. The van der Waals surface area contributed by atoms with Crippen LogP contribution in [0.15, 0.2) is 54.6 Å². The molecule has 5 heteroatoms. The Morgan fingerprint density at radius 2 is 1.60 bits per heavy atom. The first-order valence-corrected chi connectivity index (χ1v) is 8.66. The van der Waals surface area contributed by atoms with Crippen molar-refractivity contribution in [2.75, 3.05) is 25.0 Å². The summed E-state index contributed by atoms with van der Waals surface area (Å²) in [6.45, 7) is 3.00. The summed E-state index contributed by atoms with van der Waals surface area (Å²) in [4.78, 5) is 26.6. The van der Waals surface area contributed by atoms with Gasteiger partial charge in [-0.15, -0.1) is 0 Å². The van der Waals surface area contributed by atoms with Crippen LogP contribution in [0.25, 0.3) is 0 Å². The van der Waals surface area contributed by atoms with Crippen LogP contribution in [0.2, 0.25) is 0 Å². The second-order valence-corrected chi connectivity index (χ2v) is 6.24. The van der Waals surface area contributed by atoms with Crippen molar-refractivity contribution in [3.8, 4) is 0 Å². The molecular weight excluding hydrogens is 314 g/mol. The average Bonchev–Trinajstić information content (AvgIpc) is 3.15. The third-order valence-corrected chi connectivity index (χ3v) is 4.33. The van der Waals surface area contributed by atoms with Crippen LogP contribution >= 0.6 is 0 Å². The Morgan fingerprint density at radius 1 is 0.920 bits per heavy atom. The quantitative estimate of drug-likeness (QED) is 0.852. The molecule has 0 atom stereocenters. The predicted molar refractivity (Wildman–Crippen MR) is 98.4 cm³/mol. The van der Waals surface area contributed by atoms with E-state index in [9.17, 15) is 9.59 Å². The summed E-state index contributed by atoms with van der Waals surface area (Å²) < 4.78 is 0. The van der Waals surface area contributed by atoms with Crippen LogP contribution in [0.4, 0.5) is 5.69 Å². The fourth-order valence-electron chi connectivity index (χ4n) is 3.01. The van der Waals surface area contributed by atoms with E-state index in [4.69, 9.17) is 0 Å². The molecule has 1 aliphatic heterocycles. The van der Waals surface area contributed by atoms with Crippen LogP contribution in [0.5, 0.6) is 0 Å². The van der Waals surface area contributed by atoms with E-state index >= 15 is 0 Å². The molecule has 0 saturated carbocycles. The fourth-order valence-corrected chi connectivity index (χ4v) is 3.01. The number of amides is 2. The Bertz CT molecular complexity index is 725. The van der Waals surface area contributed by atoms with E-state index in [0.717, 1.165) is 30.9 Å². The van der Waals surface area contributed by atoms with Gasteiger partial charge in [-0.05, 0) is 49.7 Å². The third kappa shape index (κ3) is 4.90. The number of hydrogen-bond acceptors (Lipinski definition) is 3. The third-order valence-electron chi connectivity index (χ3n) is 4.33. The molecule has 1 fully saturated rings. The summed E-state index contributed by atoms with van der Waals surface area (Å²) in [6.07, 6.45) is 2.47. The van der Waals surface area contributed by atoms with Gasteiger partial charge in [-0.1, -0.05) is 36.4 Å².